The second-order valence-electron chi connectivity index (χ2n) is 9.30. The smallest absolute Gasteiger partial charge is 0.397 e. The highest BCUT2D eigenvalue weighted by molar-refractivity contribution is 7.17. The quantitative estimate of drug-likeness (QED) is 0.472. The van der Waals surface area contributed by atoms with Crippen LogP contribution in [0.4, 0.5) is 5.00 Å². The largest absolute Gasteiger partial charge is 0.456 e. The molecule has 1 aliphatic rings. The Bertz CT molecular complexity index is 879. The lowest BCUT2D eigenvalue weighted by molar-refractivity contribution is -0.161. The van der Waals surface area contributed by atoms with Crippen molar-refractivity contribution >= 4 is 40.1 Å². The van der Waals surface area contributed by atoms with Gasteiger partial charge in [-0.1, -0.05) is 0 Å². The van der Waals surface area contributed by atoms with Crippen LogP contribution in [0.2, 0.25) is 0 Å². The molecule has 0 saturated heterocycles. The molecule has 10 heteroatoms. The maximum atomic E-state index is 13.0. The predicted octanol–water partition coefficient (Wildman–Crippen LogP) is 2.31. The minimum Gasteiger partial charge on any atom is -0.456 e. The molecule has 0 fully saturated rings. The molecule has 3 N–H and O–H groups in total. The number of fused-ring (bicyclic) bond motifs is 1. The van der Waals surface area contributed by atoms with Crippen molar-refractivity contribution in [3.63, 3.8) is 0 Å². The van der Waals surface area contributed by atoms with E-state index in [9.17, 15) is 19.2 Å². The number of nitrogens with one attached hydrogen (secondary N) is 3. The number of anilines is 1. The van der Waals surface area contributed by atoms with Gasteiger partial charge in [0.2, 0.25) is 5.91 Å². The second kappa shape index (κ2) is 9.35. The third-order valence-electron chi connectivity index (χ3n) is 4.09. The first-order valence-electron chi connectivity index (χ1n) is 10.1. The Labute approximate surface area is 186 Å². The second-order valence-corrected chi connectivity index (χ2v) is 10.4. The highest BCUT2D eigenvalue weighted by atomic mass is 32.1. The van der Waals surface area contributed by atoms with Gasteiger partial charge in [-0.3, -0.25) is 9.59 Å². The summed E-state index contributed by atoms with van der Waals surface area (Å²) in [6.45, 7) is 12.6. The number of amides is 2. The molecule has 0 aromatic carbocycles. The van der Waals surface area contributed by atoms with Crippen molar-refractivity contribution < 1.29 is 28.7 Å². The first-order valence-corrected chi connectivity index (χ1v) is 10.9. The van der Waals surface area contributed by atoms with Crippen LogP contribution in [0.5, 0.6) is 0 Å². The van der Waals surface area contributed by atoms with Crippen LogP contribution >= 0.6 is 11.3 Å². The zero-order valence-electron chi connectivity index (χ0n) is 19.1. The number of hydrogen-bond donors (Lipinski definition) is 3. The van der Waals surface area contributed by atoms with Crippen molar-refractivity contribution in [2.75, 3.05) is 18.4 Å². The zero-order chi connectivity index (χ0) is 23.6. The molecule has 31 heavy (non-hydrogen) atoms. The van der Waals surface area contributed by atoms with E-state index in [1.54, 1.807) is 41.5 Å². The van der Waals surface area contributed by atoms with Crippen LogP contribution in [0.3, 0.4) is 0 Å². The maximum Gasteiger partial charge on any atom is 0.397 e. The van der Waals surface area contributed by atoms with Gasteiger partial charge in [0.1, 0.15) is 16.2 Å². The highest BCUT2D eigenvalue weighted by Gasteiger charge is 2.34. The molecular weight excluding hydrogens is 422 g/mol. The fraction of sp³-hybridized carbons (Fsp3) is 0.619. The van der Waals surface area contributed by atoms with Gasteiger partial charge in [-0.15, -0.1) is 11.3 Å². The normalized spacial score (nSPS) is 16.2. The first-order chi connectivity index (χ1) is 14.2. The van der Waals surface area contributed by atoms with Crippen molar-refractivity contribution in [3.05, 3.63) is 16.0 Å². The van der Waals surface area contributed by atoms with Gasteiger partial charge in [-0.05, 0) is 60.1 Å². The summed E-state index contributed by atoms with van der Waals surface area (Å²) < 4.78 is 10.7. The number of rotatable bonds is 4. The van der Waals surface area contributed by atoms with Gasteiger partial charge in [0.25, 0.3) is 0 Å². The van der Waals surface area contributed by atoms with Crippen LogP contribution in [0.15, 0.2) is 0 Å². The van der Waals surface area contributed by atoms with Crippen LogP contribution < -0.4 is 16.0 Å². The summed E-state index contributed by atoms with van der Waals surface area (Å²) in [4.78, 5) is 49.8. The lowest BCUT2D eigenvalue weighted by atomic mass is 9.99. The Kier molecular flexibility index (Phi) is 7.48. The van der Waals surface area contributed by atoms with Crippen LogP contribution in [0.25, 0.3) is 0 Å². The summed E-state index contributed by atoms with van der Waals surface area (Å²) >= 11 is 1.19. The summed E-state index contributed by atoms with van der Waals surface area (Å²) in [5.41, 5.74) is -0.584. The SMILES string of the molecule is CC(=O)NCC1NCCc2c1sc(NC(=O)C(=O)OC(C)(C)C)c2C(=O)OC(C)(C)C. The lowest BCUT2D eigenvalue weighted by Crippen LogP contribution is -2.38. The van der Waals surface area contributed by atoms with E-state index in [0.717, 1.165) is 10.4 Å². The number of esters is 2. The Morgan fingerprint density at radius 1 is 1.06 bits per heavy atom. The molecule has 0 bridgehead atoms. The van der Waals surface area contributed by atoms with E-state index >= 15 is 0 Å². The van der Waals surface area contributed by atoms with Gasteiger partial charge in [-0.25, -0.2) is 9.59 Å². The van der Waals surface area contributed by atoms with E-state index in [1.165, 1.54) is 18.3 Å². The van der Waals surface area contributed by atoms with E-state index in [4.69, 9.17) is 9.47 Å². The maximum absolute atomic E-state index is 13.0. The number of carbonyl (C=O) groups is 4. The number of thiophene rings is 1. The van der Waals surface area contributed by atoms with Crippen molar-refractivity contribution in [1.82, 2.24) is 10.6 Å². The molecular formula is C21H31N3O6S. The molecule has 0 saturated carbocycles. The van der Waals surface area contributed by atoms with E-state index in [-0.39, 0.29) is 22.5 Å². The minimum absolute atomic E-state index is 0.170. The van der Waals surface area contributed by atoms with Crippen molar-refractivity contribution in [3.8, 4) is 0 Å². The predicted molar refractivity (Wildman–Crippen MR) is 117 cm³/mol. The van der Waals surface area contributed by atoms with Crippen LogP contribution in [-0.2, 0) is 30.3 Å². The van der Waals surface area contributed by atoms with Gasteiger partial charge >= 0.3 is 17.8 Å². The molecule has 2 amide bonds. The first kappa shape index (κ1) is 24.8. The summed E-state index contributed by atoms with van der Waals surface area (Å²) in [7, 11) is 0. The monoisotopic (exact) mass is 453 g/mol. The molecule has 9 nitrogen and oxygen atoms in total. The summed E-state index contributed by atoms with van der Waals surface area (Å²) in [6, 6.07) is -0.231. The van der Waals surface area contributed by atoms with Gasteiger partial charge in [0.05, 0.1) is 11.6 Å². The standard InChI is InChI=1S/C21H31N3O6S/c1-11(25)23-10-13-15-12(8-9-22-13)14(18(27)29-20(2,3)4)17(31-15)24-16(26)19(28)30-21(5,6)7/h13,22H,8-10H2,1-7H3,(H,23,25)(H,24,26). The summed E-state index contributed by atoms with van der Waals surface area (Å²) in [5, 5.41) is 8.83. The Morgan fingerprint density at radius 2 is 1.68 bits per heavy atom. The highest BCUT2D eigenvalue weighted by Crippen LogP contribution is 2.40. The van der Waals surface area contributed by atoms with E-state index < -0.39 is 29.0 Å². The molecule has 2 heterocycles. The average Bonchev–Trinajstić information content (AvgIpc) is 2.95. The van der Waals surface area contributed by atoms with E-state index in [2.05, 4.69) is 16.0 Å². The van der Waals surface area contributed by atoms with Gasteiger partial charge in [0, 0.05) is 18.3 Å². The van der Waals surface area contributed by atoms with Crippen molar-refractivity contribution in [1.29, 1.82) is 0 Å². The van der Waals surface area contributed by atoms with Crippen molar-refractivity contribution in [2.45, 2.75) is 72.1 Å². The van der Waals surface area contributed by atoms with Gasteiger partial charge in [0.15, 0.2) is 0 Å². The number of carbonyl (C=O) groups excluding carboxylic acids is 4. The minimum atomic E-state index is -1.04. The third-order valence-corrected chi connectivity index (χ3v) is 5.35. The van der Waals surface area contributed by atoms with Crippen LogP contribution in [-0.4, -0.2) is 48.0 Å². The number of ether oxygens (including phenoxy) is 2. The summed E-state index contributed by atoms with van der Waals surface area (Å²) in [5.74, 6) is -2.76. The fourth-order valence-corrected chi connectivity index (χ4v) is 4.31. The molecule has 1 aromatic heterocycles. The fourth-order valence-electron chi connectivity index (χ4n) is 3.00. The average molecular weight is 454 g/mol. The molecule has 1 unspecified atom stereocenters. The van der Waals surface area contributed by atoms with Gasteiger partial charge < -0.3 is 25.4 Å². The molecule has 0 spiro atoms. The van der Waals surface area contributed by atoms with Crippen LogP contribution in [0.1, 0.15) is 75.3 Å². The summed E-state index contributed by atoms with van der Waals surface area (Å²) in [6.07, 6.45) is 0.541. The molecule has 1 atom stereocenters. The topological polar surface area (TPSA) is 123 Å². The zero-order valence-corrected chi connectivity index (χ0v) is 19.9. The van der Waals surface area contributed by atoms with Crippen LogP contribution in [0, 0.1) is 0 Å². The number of hydrogen-bond acceptors (Lipinski definition) is 8. The molecule has 0 radical (unpaired) electrons. The Balaban J connectivity index is 2.41. The molecule has 172 valence electrons. The Hall–Kier alpha value is -2.46. The molecule has 2 rings (SSSR count). The third kappa shape index (κ3) is 7.03. The lowest BCUT2D eigenvalue weighted by Gasteiger charge is -2.25. The van der Waals surface area contributed by atoms with Crippen molar-refractivity contribution in [2.24, 2.45) is 0 Å². The molecule has 1 aliphatic heterocycles. The van der Waals surface area contributed by atoms with E-state index in [0.29, 0.717) is 19.5 Å². The Morgan fingerprint density at radius 3 is 2.23 bits per heavy atom. The van der Waals surface area contributed by atoms with E-state index in [1.807, 2.05) is 0 Å². The molecule has 0 aliphatic carbocycles. The molecule has 1 aromatic rings. The van der Waals surface area contributed by atoms with Gasteiger partial charge in [-0.2, -0.15) is 0 Å².